The fourth-order valence-electron chi connectivity index (χ4n) is 1.43. The molecule has 0 rings (SSSR count). The Bertz CT molecular complexity index is 266. The molecule has 5 heteroatoms. The van der Waals surface area contributed by atoms with Gasteiger partial charge >= 0.3 is 5.97 Å². The molecule has 0 saturated heterocycles. The minimum absolute atomic E-state index is 0.106. The van der Waals surface area contributed by atoms with Gasteiger partial charge in [0, 0.05) is 20.0 Å². The third-order valence-corrected chi connectivity index (χ3v) is 2.71. The highest BCUT2D eigenvalue weighted by Gasteiger charge is 2.31. The van der Waals surface area contributed by atoms with Gasteiger partial charge in [0.1, 0.15) is 5.54 Å². The molecule has 17 heavy (non-hydrogen) atoms. The average Bonchev–Trinajstić information content (AvgIpc) is 2.21. The molecule has 0 bridgehead atoms. The van der Waals surface area contributed by atoms with Gasteiger partial charge in [0.05, 0.1) is 0 Å². The predicted molar refractivity (Wildman–Crippen MR) is 66.8 cm³/mol. The quantitative estimate of drug-likeness (QED) is 0.556. The zero-order valence-electron chi connectivity index (χ0n) is 11.2. The Hall–Kier alpha value is -1.10. The lowest BCUT2D eigenvalue weighted by atomic mass is 9.92. The van der Waals surface area contributed by atoms with Gasteiger partial charge in [-0.2, -0.15) is 0 Å². The summed E-state index contributed by atoms with van der Waals surface area (Å²) in [5, 5.41) is 14.8. The summed E-state index contributed by atoms with van der Waals surface area (Å²) >= 11 is 0. The van der Waals surface area contributed by atoms with Crippen molar-refractivity contribution in [1.29, 1.82) is 0 Å². The van der Waals surface area contributed by atoms with Crippen LogP contribution in [0.15, 0.2) is 0 Å². The standard InChI is InChI=1S/C12H24N2O3/c1-9(2)5-6-12(4,11(16)17)14-8-7-13-10(3)15/h9,14H,5-8H2,1-4H3,(H,13,15)(H,16,17). The van der Waals surface area contributed by atoms with Crippen molar-refractivity contribution in [1.82, 2.24) is 10.6 Å². The van der Waals surface area contributed by atoms with Gasteiger partial charge in [0.25, 0.3) is 0 Å². The smallest absolute Gasteiger partial charge is 0.323 e. The third kappa shape index (κ3) is 6.94. The molecule has 0 saturated carbocycles. The van der Waals surface area contributed by atoms with Crippen molar-refractivity contribution < 1.29 is 14.7 Å². The van der Waals surface area contributed by atoms with Crippen LogP contribution in [0.2, 0.25) is 0 Å². The minimum atomic E-state index is -0.914. The number of aliphatic carboxylic acids is 1. The van der Waals surface area contributed by atoms with Crippen LogP contribution in [-0.4, -0.2) is 35.6 Å². The molecule has 1 amide bonds. The van der Waals surface area contributed by atoms with Crippen molar-refractivity contribution in [2.75, 3.05) is 13.1 Å². The average molecular weight is 244 g/mol. The van der Waals surface area contributed by atoms with E-state index in [0.717, 1.165) is 6.42 Å². The zero-order chi connectivity index (χ0) is 13.5. The lowest BCUT2D eigenvalue weighted by Gasteiger charge is -2.27. The van der Waals surface area contributed by atoms with Crippen LogP contribution in [-0.2, 0) is 9.59 Å². The summed E-state index contributed by atoms with van der Waals surface area (Å²) in [4.78, 5) is 21.9. The second-order valence-corrected chi connectivity index (χ2v) is 4.98. The SMILES string of the molecule is CC(=O)NCCNC(C)(CCC(C)C)C(=O)O. The molecule has 0 aliphatic rings. The maximum atomic E-state index is 11.2. The highest BCUT2D eigenvalue weighted by molar-refractivity contribution is 5.78. The first-order valence-electron chi connectivity index (χ1n) is 6.01. The van der Waals surface area contributed by atoms with E-state index >= 15 is 0 Å². The van der Waals surface area contributed by atoms with Gasteiger partial charge in [0.15, 0.2) is 0 Å². The molecule has 0 aromatic carbocycles. The summed E-state index contributed by atoms with van der Waals surface area (Å²) < 4.78 is 0. The normalized spacial score (nSPS) is 14.4. The van der Waals surface area contributed by atoms with Crippen molar-refractivity contribution in [3.05, 3.63) is 0 Å². The largest absolute Gasteiger partial charge is 0.480 e. The molecule has 0 aliphatic heterocycles. The third-order valence-electron chi connectivity index (χ3n) is 2.71. The molecule has 100 valence electrons. The number of carboxylic acid groups (broad SMARTS) is 1. The number of carbonyl (C=O) groups excluding carboxylic acids is 1. The van der Waals surface area contributed by atoms with Crippen LogP contribution in [0, 0.1) is 5.92 Å². The van der Waals surface area contributed by atoms with Crippen LogP contribution >= 0.6 is 0 Å². The first kappa shape index (κ1) is 15.9. The first-order chi connectivity index (χ1) is 7.78. The summed E-state index contributed by atoms with van der Waals surface area (Å²) in [5.41, 5.74) is -0.914. The topological polar surface area (TPSA) is 78.4 Å². The van der Waals surface area contributed by atoms with Crippen LogP contribution in [0.1, 0.15) is 40.5 Å². The molecule has 0 aliphatic carbocycles. The molecule has 0 fully saturated rings. The van der Waals surface area contributed by atoms with E-state index in [4.69, 9.17) is 0 Å². The minimum Gasteiger partial charge on any atom is -0.480 e. The summed E-state index contributed by atoms with van der Waals surface area (Å²) in [6.45, 7) is 8.17. The fraction of sp³-hybridized carbons (Fsp3) is 0.833. The summed E-state index contributed by atoms with van der Waals surface area (Å²) in [6.07, 6.45) is 1.44. The van der Waals surface area contributed by atoms with Crippen LogP contribution in [0.25, 0.3) is 0 Å². The van der Waals surface area contributed by atoms with Gasteiger partial charge in [-0.15, -0.1) is 0 Å². The second kappa shape index (κ2) is 7.27. The number of hydrogen-bond donors (Lipinski definition) is 3. The van der Waals surface area contributed by atoms with E-state index in [-0.39, 0.29) is 5.91 Å². The maximum Gasteiger partial charge on any atom is 0.323 e. The lowest BCUT2D eigenvalue weighted by Crippen LogP contribution is -2.51. The molecule has 0 spiro atoms. The molecule has 3 N–H and O–H groups in total. The Labute approximate surface area is 103 Å². The number of hydrogen-bond acceptors (Lipinski definition) is 3. The van der Waals surface area contributed by atoms with Crippen molar-refractivity contribution in [2.24, 2.45) is 5.92 Å². The van der Waals surface area contributed by atoms with Crippen LogP contribution in [0.3, 0.4) is 0 Å². The molecule has 0 heterocycles. The first-order valence-corrected chi connectivity index (χ1v) is 6.01. The van der Waals surface area contributed by atoms with Crippen LogP contribution in [0.5, 0.6) is 0 Å². The van der Waals surface area contributed by atoms with Crippen molar-refractivity contribution >= 4 is 11.9 Å². The van der Waals surface area contributed by atoms with Gasteiger partial charge in [-0.25, -0.2) is 0 Å². The number of nitrogens with one attached hydrogen (secondary N) is 2. The molecular weight excluding hydrogens is 220 g/mol. The molecule has 0 radical (unpaired) electrons. The number of carboxylic acids is 1. The van der Waals surface area contributed by atoms with Gasteiger partial charge < -0.3 is 15.7 Å². The van der Waals surface area contributed by atoms with E-state index in [0.29, 0.717) is 25.4 Å². The Kier molecular flexibility index (Phi) is 6.80. The van der Waals surface area contributed by atoms with Gasteiger partial charge in [-0.3, -0.25) is 9.59 Å². The summed E-state index contributed by atoms with van der Waals surface area (Å²) in [7, 11) is 0. The summed E-state index contributed by atoms with van der Waals surface area (Å²) in [5.74, 6) is -0.474. The lowest BCUT2D eigenvalue weighted by molar-refractivity contribution is -0.144. The Morgan fingerprint density at radius 3 is 2.29 bits per heavy atom. The Balaban J connectivity index is 4.12. The van der Waals surface area contributed by atoms with Gasteiger partial charge in [0.2, 0.25) is 5.91 Å². The van der Waals surface area contributed by atoms with Crippen molar-refractivity contribution in [3.8, 4) is 0 Å². The maximum absolute atomic E-state index is 11.2. The van der Waals surface area contributed by atoms with Gasteiger partial charge in [-0.05, 0) is 25.7 Å². The Morgan fingerprint density at radius 2 is 1.88 bits per heavy atom. The van der Waals surface area contributed by atoms with Crippen LogP contribution < -0.4 is 10.6 Å². The van der Waals surface area contributed by atoms with Crippen molar-refractivity contribution in [2.45, 2.75) is 46.1 Å². The number of carbonyl (C=O) groups is 2. The van der Waals surface area contributed by atoms with E-state index in [1.807, 2.05) is 0 Å². The molecule has 0 aromatic rings. The number of rotatable bonds is 8. The van der Waals surface area contributed by atoms with Gasteiger partial charge in [-0.1, -0.05) is 13.8 Å². The molecule has 1 unspecified atom stereocenters. The molecule has 5 nitrogen and oxygen atoms in total. The molecule has 1 atom stereocenters. The monoisotopic (exact) mass is 244 g/mol. The van der Waals surface area contributed by atoms with E-state index in [1.54, 1.807) is 6.92 Å². The van der Waals surface area contributed by atoms with Crippen molar-refractivity contribution in [3.63, 3.8) is 0 Å². The van der Waals surface area contributed by atoms with E-state index in [1.165, 1.54) is 6.92 Å². The highest BCUT2D eigenvalue weighted by atomic mass is 16.4. The Morgan fingerprint density at radius 1 is 1.29 bits per heavy atom. The highest BCUT2D eigenvalue weighted by Crippen LogP contribution is 2.16. The fourth-order valence-corrected chi connectivity index (χ4v) is 1.43. The predicted octanol–water partition coefficient (Wildman–Crippen LogP) is 0.992. The molecule has 0 aromatic heterocycles. The van der Waals surface area contributed by atoms with E-state index in [9.17, 15) is 14.7 Å². The zero-order valence-corrected chi connectivity index (χ0v) is 11.2. The van der Waals surface area contributed by atoms with E-state index in [2.05, 4.69) is 24.5 Å². The second-order valence-electron chi connectivity index (χ2n) is 4.98. The van der Waals surface area contributed by atoms with Crippen LogP contribution in [0.4, 0.5) is 0 Å². The molecular formula is C12H24N2O3. The summed E-state index contributed by atoms with van der Waals surface area (Å²) in [6, 6.07) is 0. The number of amides is 1. The van der Waals surface area contributed by atoms with E-state index < -0.39 is 11.5 Å².